The molecule has 8 nitrogen and oxygen atoms in total. The number of piperazine rings is 1. The largest absolute Gasteiger partial charge is 0.493 e. The van der Waals surface area contributed by atoms with Gasteiger partial charge >= 0.3 is 5.97 Å². The van der Waals surface area contributed by atoms with Crippen molar-refractivity contribution in [3.8, 4) is 5.88 Å². The lowest BCUT2D eigenvalue weighted by Crippen LogP contribution is -2.65. The number of carbonyl (C=O) groups excluding carboxylic acids is 2. The second-order valence-electron chi connectivity index (χ2n) is 7.79. The van der Waals surface area contributed by atoms with Gasteiger partial charge in [0, 0.05) is 30.3 Å². The lowest BCUT2D eigenvalue weighted by molar-refractivity contribution is -0.152. The summed E-state index contributed by atoms with van der Waals surface area (Å²) in [5, 5.41) is 15.5. The van der Waals surface area contributed by atoms with Crippen molar-refractivity contribution in [2.75, 3.05) is 18.4 Å². The van der Waals surface area contributed by atoms with Gasteiger partial charge in [0.05, 0.1) is 11.9 Å². The number of nitrogens with zero attached hydrogens (tertiary/aromatic N) is 2. The fraction of sp³-hybridized carbons (Fsp3) is 0.208. The summed E-state index contributed by atoms with van der Waals surface area (Å²) in [5.41, 5.74) is 0.759. The highest BCUT2D eigenvalue weighted by molar-refractivity contribution is 5.96. The number of rotatable bonds is 4. The molecule has 0 radical (unpaired) electrons. The van der Waals surface area contributed by atoms with Crippen LogP contribution in [0, 0.1) is 0 Å². The fourth-order valence-corrected chi connectivity index (χ4v) is 4.49. The molecule has 2 atom stereocenters. The van der Waals surface area contributed by atoms with Crippen molar-refractivity contribution in [2.45, 2.75) is 17.8 Å². The van der Waals surface area contributed by atoms with Gasteiger partial charge in [0.2, 0.25) is 17.5 Å². The van der Waals surface area contributed by atoms with Crippen LogP contribution in [-0.4, -0.2) is 52.0 Å². The SMILES string of the molecule is O=C(Nc1ccc(O)nc1)C1CNCC2C(=O)OC(c3ccccc3)(c3ccccc3)N12. The summed E-state index contributed by atoms with van der Waals surface area (Å²) in [6.45, 7) is 0.719. The molecule has 8 heteroatoms. The first-order chi connectivity index (χ1) is 15.6. The van der Waals surface area contributed by atoms with Gasteiger partial charge in [-0.15, -0.1) is 0 Å². The summed E-state index contributed by atoms with van der Waals surface area (Å²) in [7, 11) is 0. The van der Waals surface area contributed by atoms with Gasteiger partial charge in [-0.25, -0.2) is 9.88 Å². The molecule has 2 saturated heterocycles. The highest BCUT2D eigenvalue weighted by atomic mass is 16.6. The topological polar surface area (TPSA) is 104 Å². The summed E-state index contributed by atoms with van der Waals surface area (Å²) in [6.07, 6.45) is 1.38. The van der Waals surface area contributed by atoms with Crippen molar-refractivity contribution >= 4 is 17.6 Å². The lowest BCUT2D eigenvalue weighted by Gasteiger charge is -2.44. The molecule has 2 aliphatic heterocycles. The van der Waals surface area contributed by atoms with Crippen molar-refractivity contribution in [2.24, 2.45) is 0 Å². The van der Waals surface area contributed by atoms with E-state index in [1.807, 2.05) is 65.6 Å². The van der Waals surface area contributed by atoms with Crippen LogP contribution in [0.2, 0.25) is 0 Å². The van der Waals surface area contributed by atoms with E-state index in [1.54, 1.807) is 6.07 Å². The minimum absolute atomic E-state index is 0.131. The van der Waals surface area contributed by atoms with Gasteiger partial charge in [0.1, 0.15) is 12.1 Å². The van der Waals surface area contributed by atoms with E-state index >= 15 is 0 Å². The Morgan fingerprint density at radius 3 is 2.28 bits per heavy atom. The number of hydrogen-bond acceptors (Lipinski definition) is 7. The zero-order valence-electron chi connectivity index (χ0n) is 17.1. The smallest absolute Gasteiger partial charge is 0.327 e. The number of pyridine rings is 1. The van der Waals surface area contributed by atoms with Crippen LogP contribution in [0.4, 0.5) is 5.69 Å². The zero-order chi connectivity index (χ0) is 22.1. The number of fused-ring (bicyclic) bond motifs is 1. The molecule has 0 saturated carbocycles. The third kappa shape index (κ3) is 3.30. The number of aromatic nitrogens is 1. The average Bonchev–Trinajstić information content (AvgIpc) is 3.15. The number of ether oxygens (including phenoxy) is 1. The van der Waals surface area contributed by atoms with E-state index < -0.39 is 17.8 Å². The number of hydrogen-bond donors (Lipinski definition) is 3. The van der Waals surface area contributed by atoms with Crippen molar-refractivity contribution < 1.29 is 19.4 Å². The van der Waals surface area contributed by atoms with E-state index in [2.05, 4.69) is 15.6 Å². The first-order valence-electron chi connectivity index (χ1n) is 10.4. The zero-order valence-corrected chi connectivity index (χ0v) is 17.1. The highest BCUT2D eigenvalue weighted by Gasteiger charge is 2.60. The third-order valence-corrected chi connectivity index (χ3v) is 5.88. The van der Waals surface area contributed by atoms with Crippen LogP contribution in [0.25, 0.3) is 0 Å². The van der Waals surface area contributed by atoms with Gasteiger partial charge in [-0.3, -0.25) is 9.59 Å². The maximum absolute atomic E-state index is 13.4. The predicted molar refractivity (Wildman–Crippen MR) is 117 cm³/mol. The van der Waals surface area contributed by atoms with Crippen LogP contribution in [0.3, 0.4) is 0 Å². The summed E-state index contributed by atoms with van der Waals surface area (Å²) in [4.78, 5) is 32.2. The van der Waals surface area contributed by atoms with E-state index in [-0.39, 0.29) is 17.8 Å². The first-order valence-corrected chi connectivity index (χ1v) is 10.4. The number of benzene rings is 2. The molecular formula is C24H22N4O4. The van der Waals surface area contributed by atoms with Crippen LogP contribution in [0.5, 0.6) is 5.88 Å². The van der Waals surface area contributed by atoms with Crippen LogP contribution in [-0.2, 0) is 20.1 Å². The minimum Gasteiger partial charge on any atom is -0.493 e. The average molecular weight is 430 g/mol. The van der Waals surface area contributed by atoms with E-state index in [0.29, 0.717) is 18.8 Å². The summed E-state index contributed by atoms with van der Waals surface area (Å²) < 4.78 is 6.14. The molecule has 2 aromatic carbocycles. The fourth-order valence-electron chi connectivity index (χ4n) is 4.49. The molecule has 0 spiro atoms. The molecule has 2 fully saturated rings. The second-order valence-corrected chi connectivity index (χ2v) is 7.79. The van der Waals surface area contributed by atoms with Crippen LogP contribution in [0.15, 0.2) is 79.0 Å². The van der Waals surface area contributed by atoms with Crippen LogP contribution in [0.1, 0.15) is 11.1 Å². The Balaban J connectivity index is 1.60. The normalized spacial score (nSPS) is 22.1. The van der Waals surface area contributed by atoms with Gasteiger partial charge < -0.3 is 20.5 Å². The quantitative estimate of drug-likeness (QED) is 0.543. The number of esters is 1. The Morgan fingerprint density at radius 2 is 1.69 bits per heavy atom. The molecule has 3 N–H and O–H groups in total. The maximum atomic E-state index is 13.4. The first kappa shape index (κ1) is 20.2. The molecule has 1 aromatic heterocycles. The van der Waals surface area contributed by atoms with Crippen molar-refractivity contribution in [3.05, 3.63) is 90.1 Å². The summed E-state index contributed by atoms with van der Waals surface area (Å²) >= 11 is 0. The Bertz CT molecular complexity index is 1080. The Labute approximate surface area is 184 Å². The number of anilines is 1. The van der Waals surface area contributed by atoms with E-state index in [9.17, 15) is 14.7 Å². The van der Waals surface area contributed by atoms with E-state index in [1.165, 1.54) is 12.3 Å². The van der Waals surface area contributed by atoms with Gasteiger partial charge in [-0.05, 0) is 6.07 Å². The summed E-state index contributed by atoms with van der Waals surface area (Å²) in [5.74, 6) is -0.814. The maximum Gasteiger partial charge on any atom is 0.327 e. The molecule has 0 bridgehead atoms. The van der Waals surface area contributed by atoms with E-state index in [4.69, 9.17) is 4.74 Å². The van der Waals surface area contributed by atoms with Crippen molar-refractivity contribution in [1.82, 2.24) is 15.2 Å². The standard InChI is InChI=1S/C24H22N4O4/c29-21-12-11-18(13-26-21)27-22(30)19-14-25-15-20-23(31)32-24(28(19)20,16-7-3-1-4-8-16)17-9-5-2-6-10-17/h1-13,19-20,25H,14-15H2,(H,26,29)(H,27,30). The third-order valence-electron chi connectivity index (χ3n) is 5.88. The van der Waals surface area contributed by atoms with Crippen molar-refractivity contribution in [1.29, 1.82) is 0 Å². The molecule has 5 rings (SSSR count). The molecule has 2 unspecified atom stereocenters. The number of cyclic esters (lactones) is 1. The Kier molecular flexibility index (Phi) is 5.08. The number of nitrogens with one attached hydrogen (secondary N) is 2. The Morgan fingerprint density at radius 1 is 1.03 bits per heavy atom. The monoisotopic (exact) mass is 430 g/mol. The molecule has 1 amide bonds. The Hall–Kier alpha value is -3.75. The van der Waals surface area contributed by atoms with Gasteiger partial charge in [0.25, 0.3) is 0 Å². The van der Waals surface area contributed by atoms with Crippen LogP contribution >= 0.6 is 0 Å². The molecule has 32 heavy (non-hydrogen) atoms. The highest BCUT2D eigenvalue weighted by Crippen LogP contribution is 2.45. The molecule has 0 aliphatic carbocycles. The lowest BCUT2D eigenvalue weighted by atomic mass is 9.90. The molecule has 3 aromatic rings. The van der Waals surface area contributed by atoms with Gasteiger partial charge in [0.15, 0.2) is 0 Å². The second kappa shape index (κ2) is 8.07. The molecule has 3 heterocycles. The summed E-state index contributed by atoms with van der Waals surface area (Å²) in [6, 6.07) is 20.6. The minimum atomic E-state index is -1.23. The van der Waals surface area contributed by atoms with E-state index in [0.717, 1.165) is 11.1 Å². The number of aromatic hydroxyl groups is 1. The molecule has 162 valence electrons. The number of carbonyl (C=O) groups is 2. The van der Waals surface area contributed by atoms with Gasteiger partial charge in [-0.2, -0.15) is 0 Å². The number of amides is 1. The predicted octanol–water partition coefficient (Wildman–Crippen LogP) is 1.83. The van der Waals surface area contributed by atoms with Gasteiger partial charge in [-0.1, -0.05) is 60.7 Å². The van der Waals surface area contributed by atoms with Crippen LogP contribution < -0.4 is 10.6 Å². The van der Waals surface area contributed by atoms with Crippen molar-refractivity contribution in [3.63, 3.8) is 0 Å². The molecule has 2 aliphatic rings. The molecular weight excluding hydrogens is 408 g/mol.